The Balaban J connectivity index is 2.03. The van der Waals surface area contributed by atoms with Crippen molar-refractivity contribution >= 4 is 17.5 Å². The molecule has 0 atom stereocenters. The van der Waals surface area contributed by atoms with E-state index in [4.69, 9.17) is 0 Å². The van der Waals surface area contributed by atoms with E-state index in [1.165, 1.54) is 36.0 Å². The number of hydrogen-bond acceptors (Lipinski definition) is 2. The molecule has 0 spiro atoms. The van der Waals surface area contributed by atoms with Crippen LogP contribution in [0, 0.1) is 18.6 Å². The highest BCUT2D eigenvalue weighted by Crippen LogP contribution is 2.20. The van der Waals surface area contributed by atoms with Crippen molar-refractivity contribution in [3.63, 3.8) is 0 Å². The van der Waals surface area contributed by atoms with E-state index in [1.54, 1.807) is 25.1 Å². The first kappa shape index (κ1) is 13.7. The smallest absolute Gasteiger partial charge is 0.173 e. The molecule has 4 heteroatoms. The molecular formula is C15H12F2OS. The maximum absolute atomic E-state index is 13.2. The number of carbonyl (C=O) groups is 1. The maximum Gasteiger partial charge on any atom is 0.173 e. The Morgan fingerprint density at radius 3 is 2.37 bits per heavy atom. The summed E-state index contributed by atoms with van der Waals surface area (Å²) in [5.41, 5.74) is 1.09. The minimum atomic E-state index is -0.407. The average Bonchev–Trinajstić information content (AvgIpc) is 2.36. The molecule has 0 heterocycles. The van der Waals surface area contributed by atoms with E-state index in [0.29, 0.717) is 5.56 Å². The van der Waals surface area contributed by atoms with Crippen LogP contribution in [-0.4, -0.2) is 11.5 Å². The molecule has 19 heavy (non-hydrogen) atoms. The summed E-state index contributed by atoms with van der Waals surface area (Å²) in [6.07, 6.45) is 0. The van der Waals surface area contributed by atoms with Gasteiger partial charge in [0, 0.05) is 10.5 Å². The van der Waals surface area contributed by atoms with Crippen molar-refractivity contribution in [2.24, 2.45) is 0 Å². The molecule has 0 unspecified atom stereocenters. The van der Waals surface area contributed by atoms with Gasteiger partial charge in [-0.15, -0.1) is 11.8 Å². The fourth-order valence-electron chi connectivity index (χ4n) is 1.66. The van der Waals surface area contributed by atoms with Crippen LogP contribution in [0.25, 0.3) is 0 Å². The molecule has 2 rings (SSSR count). The van der Waals surface area contributed by atoms with Crippen molar-refractivity contribution in [1.29, 1.82) is 0 Å². The molecular weight excluding hydrogens is 266 g/mol. The van der Waals surface area contributed by atoms with Crippen LogP contribution in [0.5, 0.6) is 0 Å². The quantitative estimate of drug-likeness (QED) is 0.614. The first-order chi connectivity index (χ1) is 9.04. The van der Waals surface area contributed by atoms with Gasteiger partial charge < -0.3 is 0 Å². The monoisotopic (exact) mass is 278 g/mol. The molecule has 0 radical (unpaired) electrons. The van der Waals surface area contributed by atoms with E-state index in [-0.39, 0.29) is 17.4 Å². The first-order valence-electron chi connectivity index (χ1n) is 5.73. The number of thioether (sulfide) groups is 1. The largest absolute Gasteiger partial charge is 0.293 e. The van der Waals surface area contributed by atoms with Crippen LogP contribution in [0.2, 0.25) is 0 Å². The van der Waals surface area contributed by atoms with Crippen molar-refractivity contribution in [2.75, 3.05) is 5.75 Å². The molecule has 1 nitrogen and oxygen atoms in total. The van der Waals surface area contributed by atoms with Crippen LogP contribution in [0.4, 0.5) is 8.78 Å². The van der Waals surface area contributed by atoms with Crippen LogP contribution in [0.1, 0.15) is 15.9 Å². The van der Waals surface area contributed by atoms with Crippen LogP contribution >= 0.6 is 11.8 Å². The fourth-order valence-corrected chi connectivity index (χ4v) is 2.45. The van der Waals surface area contributed by atoms with Crippen LogP contribution < -0.4 is 0 Å². The number of ketones is 1. The minimum Gasteiger partial charge on any atom is -0.293 e. The molecule has 2 aromatic carbocycles. The van der Waals surface area contributed by atoms with E-state index >= 15 is 0 Å². The summed E-state index contributed by atoms with van der Waals surface area (Å²) >= 11 is 1.31. The van der Waals surface area contributed by atoms with Gasteiger partial charge in [0.05, 0.1) is 5.75 Å². The van der Waals surface area contributed by atoms with E-state index in [2.05, 4.69) is 0 Å². The van der Waals surface area contributed by atoms with Gasteiger partial charge in [0.2, 0.25) is 0 Å². The summed E-state index contributed by atoms with van der Waals surface area (Å²) in [5, 5.41) is 0. The molecule has 0 aliphatic carbocycles. The van der Waals surface area contributed by atoms with Gasteiger partial charge in [-0.1, -0.05) is 0 Å². The van der Waals surface area contributed by atoms with Crippen LogP contribution in [0.15, 0.2) is 47.4 Å². The highest BCUT2D eigenvalue weighted by Gasteiger charge is 2.08. The second kappa shape index (κ2) is 5.97. The third kappa shape index (κ3) is 3.89. The van der Waals surface area contributed by atoms with Gasteiger partial charge in [-0.25, -0.2) is 8.78 Å². The topological polar surface area (TPSA) is 17.1 Å². The van der Waals surface area contributed by atoms with Gasteiger partial charge in [-0.05, 0) is 55.0 Å². The molecule has 0 N–H and O–H groups in total. The summed E-state index contributed by atoms with van der Waals surface area (Å²) in [6, 6.07) is 10.2. The Hall–Kier alpha value is -1.68. The van der Waals surface area contributed by atoms with Crippen molar-refractivity contribution in [3.8, 4) is 0 Å². The number of carbonyl (C=O) groups excluding carboxylic acids is 1. The summed E-state index contributed by atoms with van der Waals surface area (Å²) in [5.74, 6) is -0.655. The molecule has 0 amide bonds. The third-order valence-electron chi connectivity index (χ3n) is 2.55. The molecule has 0 saturated heterocycles. The number of Topliss-reactive ketones (excluding diaryl/α,β-unsaturated/α-hetero) is 1. The van der Waals surface area contributed by atoms with E-state index in [0.717, 1.165) is 10.5 Å². The van der Waals surface area contributed by atoms with Crippen LogP contribution in [0.3, 0.4) is 0 Å². The number of aryl methyl sites for hydroxylation is 1. The minimum absolute atomic E-state index is 0.142. The highest BCUT2D eigenvalue weighted by molar-refractivity contribution is 8.00. The summed E-state index contributed by atoms with van der Waals surface area (Å²) < 4.78 is 25.9. The molecule has 2 aromatic rings. The summed E-state index contributed by atoms with van der Waals surface area (Å²) in [7, 11) is 0. The summed E-state index contributed by atoms with van der Waals surface area (Å²) in [4.78, 5) is 12.7. The predicted octanol–water partition coefficient (Wildman–Crippen LogP) is 4.25. The fraction of sp³-hybridized carbons (Fsp3) is 0.133. The predicted molar refractivity (Wildman–Crippen MR) is 72.6 cm³/mol. The number of hydrogen-bond donors (Lipinski definition) is 0. The molecule has 0 aromatic heterocycles. The Morgan fingerprint density at radius 1 is 1.05 bits per heavy atom. The van der Waals surface area contributed by atoms with Gasteiger partial charge in [0.15, 0.2) is 5.78 Å². The van der Waals surface area contributed by atoms with Gasteiger partial charge in [-0.3, -0.25) is 4.79 Å². The van der Waals surface area contributed by atoms with Crippen molar-refractivity contribution in [1.82, 2.24) is 0 Å². The Morgan fingerprint density at radius 2 is 1.74 bits per heavy atom. The lowest BCUT2D eigenvalue weighted by molar-refractivity contribution is 0.102. The maximum atomic E-state index is 13.2. The van der Waals surface area contributed by atoms with Crippen LogP contribution in [-0.2, 0) is 0 Å². The zero-order valence-electron chi connectivity index (χ0n) is 10.3. The average molecular weight is 278 g/mol. The lowest BCUT2D eigenvalue weighted by Crippen LogP contribution is -2.03. The molecule has 98 valence electrons. The molecule has 0 bridgehead atoms. The zero-order chi connectivity index (χ0) is 13.8. The molecule has 0 fully saturated rings. The van der Waals surface area contributed by atoms with Gasteiger partial charge in [0.1, 0.15) is 11.6 Å². The van der Waals surface area contributed by atoms with Crippen molar-refractivity contribution in [2.45, 2.75) is 11.8 Å². The number of halogens is 2. The second-order valence-electron chi connectivity index (χ2n) is 4.18. The van der Waals surface area contributed by atoms with Crippen molar-refractivity contribution in [3.05, 3.63) is 65.2 Å². The van der Waals surface area contributed by atoms with Crippen molar-refractivity contribution < 1.29 is 13.6 Å². The Kier molecular flexibility index (Phi) is 4.32. The third-order valence-corrected chi connectivity index (χ3v) is 3.56. The molecule has 0 saturated carbocycles. The normalized spacial score (nSPS) is 10.5. The van der Waals surface area contributed by atoms with E-state index in [1.807, 2.05) is 0 Å². The highest BCUT2D eigenvalue weighted by atomic mass is 32.2. The lowest BCUT2D eigenvalue weighted by Gasteiger charge is -2.03. The van der Waals surface area contributed by atoms with Gasteiger partial charge in [0.25, 0.3) is 0 Å². The zero-order valence-corrected chi connectivity index (χ0v) is 11.1. The number of benzene rings is 2. The lowest BCUT2D eigenvalue weighted by atomic mass is 10.1. The molecule has 0 aliphatic rings. The summed E-state index contributed by atoms with van der Waals surface area (Å²) in [6.45, 7) is 1.74. The SMILES string of the molecule is Cc1cc(F)cc(C(=O)CSc2ccc(F)cc2)c1. The van der Waals surface area contributed by atoms with E-state index in [9.17, 15) is 13.6 Å². The Labute approximate surface area is 114 Å². The van der Waals surface area contributed by atoms with E-state index < -0.39 is 5.82 Å². The Bertz CT molecular complexity index is 573. The second-order valence-corrected chi connectivity index (χ2v) is 5.23. The van der Waals surface area contributed by atoms with Gasteiger partial charge >= 0.3 is 0 Å². The first-order valence-corrected chi connectivity index (χ1v) is 6.72. The number of rotatable bonds is 4. The van der Waals surface area contributed by atoms with Gasteiger partial charge in [-0.2, -0.15) is 0 Å². The standard InChI is InChI=1S/C15H12F2OS/c1-10-6-11(8-13(17)7-10)15(18)9-19-14-4-2-12(16)3-5-14/h2-8H,9H2,1H3. The molecule has 0 aliphatic heterocycles.